The van der Waals surface area contributed by atoms with Gasteiger partial charge in [-0.2, -0.15) is 0 Å². The van der Waals surface area contributed by atoms with Crippen LogP contribution in [0.25, 0.3) is 0 Å². The van der Waals surface area contributed by atoms with Crippen LogP contribution in [0.2, 0.25) is 0 Å². The fraction of sp³-hybridized carbons (Fsp3) is 0.417. The van der Waals surface area contributed by atoms with Gasteiger partial charge in [0, 0.05) is 0 Å². The van der Waals surface area contributed by atoms with Crippen LogP contribution in [-0.4, -0.2) is 18.6 Å². The number of carbonyl (C=O) groups excluding carboxylic acids is 1. The minimum Gasteiger partial charge on any atom is -0.494 e. The fourth-order valence-corrected chi connectivity index (χ4v) is 1.21. The Morgan fingerprint density at radius 1 is 1.35 bits per heavy atom. The van der Waals surface area contributed by atoms with Crippen molar-refractivity contribution in [3.8, 4) is 11.5 Å². The SMILES string of the molecule is CCCOc1ccc(OC(C)C(=O)NN)cc1. The van der Waals surface area contributed by atoms with Crippen LogP contribution < -0.4 is 20.7 Å². The molecule has 0 radical (unpaired) electrons. The maximum atomic E-state index is 11.1. The molecular weight excluding hydrogens is 220 g/mol. The molecule has 0 aliphatic carbocycles. The van der Waals surface area contributed by atoms with E-state index in [0.29, 0.717) is 12.4 Å². The molecule has 0 aliphatic heterocycles. The lowest BCUT2D eigenvalue weighted by atomic mass is 10.3. The Bertz CT molecular complexity index is 351. The number of hydrogen-bond acceptors (Lipinski definition) is 4. The number of hydrazine groups is 1. The zero-order valence-corrected chi connectivity index (χ0v) is 10.1. The highest BCUT2D eigenvalue weighted by atomic mass is 16.5. The molecule has 0 spiro atoms. The molecule has 1 unspecified atom stereocenters. The Morgan fingerprint density at radius 2 is 1.94 bits per heavy atom. The van der Waals surface area contributed by atoms with Crippen molar-refractivity contribution in [2.24, 2.45) is 5.84 Å². The molecule has 0 saturated carbocycles. The second-order valence-corrected chi connectivity index (χ2v) is 3.59. The standard InChI is InChI=1S/C12H18N2O3/c1-3-8-16-10-4-6-11(7-5-10)17-9(2)12(15)14-13/h4-7,9H,3,8,13H2,1-2H3,(H,14,15). The average molecular weight is 238 g/mol. The molecule has 1 rings (SSSR count). The average Bonchev–Trinajstić information content (AvgIpc) is 2.37. The quantitative estimate of drug-likeness (QED) is 0.444. The summed E-state index contributed by atoms with van der Waals surface area (Å²) in [6.07, 6.45) is 0.341. The van der Waals surface area contributed by atoms with Gasteiger partial charge in [0.25, 0.3) is 5.91 Å². The largest absolute Gasteiger partial charge is 0.494 e. The predicted molar refractivity (Wildman–Crippen MR) is 64.6 cm³/mol. The van der Waals surface area contributed by atoms with E-state index in [1.165, 1.54) is 0 Å². The maximum Gasteiger partial charge on any atom is 0.274 e. The molecule has 1 amide bonds. The van der Waals surface area contributed by atoms with Gasteiger partial charge in [0.05, 0.1) is 6.61 Å². The molecule has 0 aromatic heterocycles. The number of ether oxygens (including phenoxy) is 2. The van der Waals surface area contributed by atoms with Gasteiger partial charge in [0.2, 0.25) is 0 Å². The summed E-state index contributed by atoms with van der Waals surface area (Å²) < 4.78 is 10.8. The van der Waals surface area contributed by atoms with Crippen molar-refractivity contribution >= 4 is 5.91 Å². The van der Waals surface area contributed by atoms with E-state index in [-0.39, 0.29) is 5.91 Å². The lowest BCUT2D eigenvalue weighted by molar-refractivity contribution is -0.127. The highest BCUT2D eigenvalue weighted by Crippen LogP contribution is 2.18. The number of nitrogens with two attached hydrogens (primary N) is 1. The van der Waals surface area contributed by atoms with Crippen LogP contribution in [-0.2, 0) is 4.79 Å². The lowest BCUT2D eigenvalue weighted by Gasteiger charge is -2.13. The molecule has 0 saturated heterocycles. The van der Waals surface area contributed by atoms with Gasteiger partial charge in [-0.05, 0) is 37.6 Å². The van der Waals surface area contributed by atoms with Crippen LogP contribution >= 0.6 is 0 Å². The maximum absolute atomic E-state index is 11.1. The zero-order chi connectivity index (χ0) is 12.7. The third kappa shape index (κ3) is 4.32. The van der Waals surface area contributed by atoms with Gasteiger partial charge < -0.3 is 9.47 Å². The summed E-state index contributed by atoms with van der Waals surface area (Å²) in [5.41, 5.74) is 2.04. The van der Waals surface area contributed by atoms with Gasteiger partial charge in [0.1, 0.15) is 11.5 Å². The highest BCUT2D eigenvalue weighted by Gasteiger charge is 2.12. The summed E-state index contributed by atoms with van der Waals surface area (Å²) in [7, 11) is 0. The summed E-state index contributed by atoms with van der Waals surface area (Å²) in [6.45, 7) is 4.36. The fourth-order valence-electron chi connectivity index (χ4n) is 1.21. The van der Waals surface area contributed by atoms with Crippen molar-refractivity contribution in [3.05, 3.63) is 24.3 Å². The first-order chi connectivity index (χ1) is 8.17. The Hall–Kier alpha value is -1.75. The number of benzene rings is 1. The molecular formula is C12H18N2O3. The Kier molecular flexibility index (Phi) is 5.29. The van der Waals surface area contributed by atoms with Crippen LogP contribution in [0.4, 0.5) is 0 Å². The molecule has 17 heavy (non-hydrogen) atoms. The molecule has 5 nitrogen and oxygen atoms in total. The first-order valence-electron chi connectivity index (χ1n) is 5.57. The van der Waals surface area contributed by atoms with Crippen molar-refractivity contribution < 1.29 is 14.3 Å². The smallest absolute Gasteiger partial charge is 0.274 e. The van der Waals surface area contributed by atoms with E-state index in [1.54, 1.807) is 31.2 Å². The predicted octanol–water partition coefficient (Wildman–Crippen LogP) is 1.23. The van der Waals surface area contributed by atoms with Crippen molar-refractivity contribution in [2.45, 2.75) is 26.4 Å². The monoisotopic (exact) mass is 238 g/mol. The summed E-state index contributed by atoms with van der Waals surface area (Å²) in [4.78, 5) is 11.1. The summed E-state index contributed by atoms with van der Waals surface area (Å²) >= 11 is 0. The zero-order valence-electron chi connectivity index (χ0n) is 10.1. The van der Waals surface area contributed by atoms with Gasteiger partial charge in [0.15, 0.2) is 6.10 Å². The van der Waals surface area contributed by atoms with E-state index >= 15 is 0 Å². The normalized spacial score (nSPS) is 11.7. The second kappa shape index (κ2) is 6.75. The minimum atomic E-state index is -0.623. The van der Waals surface area contributed by atoms with Gasteiger partial charge in [-0.1, -0.05) is 6.92 Å². The van der Waals surface area contributed by atoms with Crippen LogP contribution in [0.15, 0.2) is 24.3 Å². The van der Waals surface area contributed by atoms with Crippen molar-refractivity contribution in [3.63, 3.8) is 0 Å². The van der Waals surface area contributed by atoms with Gasteiger partial charge in [-0.3, -0.25) is 10.2 Å². The number of amides is 1. The van der Waals surface area contributed by atoms with E-state index < -0.39 is 6.10 Å². The molecule has 94 valence electrons. The first-order valence-corrected chi connectivity index (χ1v) is 5.57. The Morgan fingerprint density at radius 3 is 2.47 bits per heavy atom. The number of nitrogens with one attached hydrogen (secondary N) is 1. The summed E-state index contributed by atoms with van der Waals surface area (Å²) in [6, 6.07) is 7.12. The van der Waals surface area contributed by atoms with Crippen molar-refractivity contribution in [2.75, 3.05) is 6.61 Å². The van der Waals surface area contributed by atoms with Gasteiger partial charge in [-0.15, -0.1) is 0 Å². The summed E-state index contributed by atoms with van der Waals surface area (Å²) in [5.74, 6) is 6.03. The molecule has 0 heterocycles. The second-order valence-electron chi connectivity index (χ2n) is 3.59. The third-order valence-electron chi connectivity index (χ3n) is 2.12. The molecule has 0 bridgehead atoms. The van der Waals surface area contributed by atoms with E-state index in [9.17, 15) is 4.79 Å². The molecule has 3 N–H and O–H groups in total. The molecule has 5 heteroatoms. The highest BCUT2D eigenvalue weighted by molar-refractivity contribution is 5.80. The molecule has 1 atom stereocenters. The van der Waals surface area contributed by atoms with Crippen molar-refractivity contribution in [1.29, 1.82) is 0 Å². The number of carbonyl (C=O) groups is 1. The van der Waals surface area contributed by atoms with Crippen LogP contribution in [0.5, 0.6) is 11.5 Å². The Balaban J connectivity index is 2.53. The van der Waals surface area contributed by atoms with E-state index in [0.717, 1.165) is 12.2 Å². The van der Waals surface area contributed by atoms with E-state index in [4.69, 9.17) is 15.3 Å². The number of rotatable bonds is 6. The Labute approximate surface area is 101 Å². The van der Waals surface area contributed by atoms with Crippen molar-refractivity contribution in [1.82, 2.24) is 5.43 Å². The van der Waals surface area contributed by atoms with Crippen LogP contribution in [0, 0.1) is 0 Å². The van der Waals surface area contributed by atoms with Crippen LogP contribution in [0.3, 0.4) is 0 Å². The van der Waals surface area contributed by atoms with Crippen LogP contribution in [0.1, 0.15) is 20.3 Å². The van der Waals surface area contributed by atoms with Gasteiger partial charge in [-0.25, -0.2) is 5.84 Å². The molecule has 0 fully saturated rings. The molecule has 0 aliphatic rings. The van der Waals surface area contributed by atoms with Gasteiger partial charge >= 0.3 is 0 Å². The molecule has 1 aromatic carbocycles. The third-order valence-corrected chi connectivity index (χ3v) is 2.12. The summed E-state index contributed by atoms with van der Waals surface area (Å²) in [5, 5.41) is 0. The molecule has 1 aromatic rings. The number of hydrogen-bond donors (Lipinski definition) is 2. The topological polar surface area (TPSA) is 73.6 Å². The lowest BCUT2D eigenvalue weighted by Crippen LogP contribution is -2.40. The first kappa shape index (κ1) is 13.3. The minimum absolute atomic E-state index is 0.365. The van der Waals surface area contributed by atoms with E-state index in [1.807, 2.05) is 12.3 Å². The van der Waals surface area contributed by atoms with E-state index in [2.05, 4.69) is 0 Å².